The number of aromatic amines is 1. The number of hydrogen-bond donors (Lipinski definition) is 3. The molecular weight excluding hydrogens is 262 g/mol. The highest BCUT2D eigenvalue weighted by Crippen LogP contribution is 2.22. The molecule has 102 valence electrons. The number of carbonyl (C=O) groups excluding carboxylic acids is 3. The molecule has 1 aromatic heterocycles. The van der Waals surface area contributed by atoms with Crippen LogP contribution in [0.15, 0.2) is 24.3 Å². The van der Waals surface area contributed by atoms with Crippen LogP contribution in [0.5, 0.6) is 5.75 Å². The minimum Gasteiger partial charge on any atom is -0.504 e. The van der Waals surface area contributed by atoms with Crippen molar-refractivity contribution in [3.8, 4) is 5.75 Å². The van der Waals surface area contributed by atoms with Crippen LogP contribution in [0.2, 0.25) is 0 Å². The number of aromatic nitrogens is 2. The monoisotopic (exact) mass is 273 g/mol. The van der Waals surface area contributed by atoms with Crippen LogP contribution in [-0.4, -0.2) is 32.8 Å². The van der Waals surface area contributed by atoms with Gasteiger partial charge >= 0.3 is 0 Å². The van der Waals surface area contributed by atoms with Gasteiger partial charge in [-0.2, -0.15) is 5.10 Å². The molecule has 4 N–H and O–H groups in total. The van der Waals surface area contributed by atoms with E-state index in [0.29, 0.717) is 5.56 Å². The van der Waals surface area contributed by atoms with Crippen molar-refractivity contribution in [2.24, 2.45) is 5.73 Å². The summed E-state index contributed by atoms with van der Waals surface area (Å²) in [5.74, 6) is -3.65. The Labute approximate surface area is 113 Å². The number of nitrogens with one attached hydrogen (secondary N) is 1. The molecule has 0 unspecified atom stereocenters. The lowest BCUT2D eigenvalue weighted by Crippen LogP contribution is -2.23. The smallest absolute Gasteiger partial charge is 0.291 e. The van der Waals surface area contributed by atoms with Gasteiger partial charge < -0.3 is 10.8 Å². The largest absolute Gasteiger partial charge is 0.504 e. The van der Waals surface area contributed by atoms with Crippen molar-refractivity contribution in [1.29, 1.82) is 0 Å². The normalized spacial score (nSPS) is 10.2. The Hall–Kier alpha value is -2.96. The van der Waals surface area contributed by atoms with Crippen LogP contribution in [0.25, 0.3) is 0 Å². The first kappa shape index (κ1) is 13.5. The van der Waals surface area contributed by atoms with E-state index < -0.39 is 28.9 Å². The number of aromatic hydroxyl groups is 1. The molecule has 1 amide bonds. The van der Waals surface area contributed by atoms with Gasteiger partial charge in [0.1, 0.15) is 5.69 Å². The molecule has 0 atom stereocenters. The molecule has 7 nitrogen and oxygen atoms in total. The second-order valence-electron chi connectivity index (χ2n) is 4.18. The van der Waals surface area contributed by atoms with Crippen molar-refractivity contribution in [3.63, 3.8) is 0 Å². The fourth-order valence-electron chi connectivity index (χ4n) is 1.62. The molecule has 0 bridgehead atoms. The van der Waals surface area contributed by atoms with Gasteiger partial charge in [-0.05, 0) is 6.92 Å². The molecule has 0 aliphatic carbocycles. The number of rotatable bonds is 4. The molecular formula is C13H11N3O4. The summed E-state index contributed by atoms with van der Waals surface area (Å²) < 4.78 is 0. The van der Waals surface area contributed by atoms with Crippen molar-refractivity contribution < 1.29 is 19.5 Å². The zero-order valence-corrected chi connectivity index (χ0v) is 10.5. The first-order valence-electron chi connectivity index (χ1n) is 5.64. The maximum atomic E-state index is 12.1. The van der Waals surface area contributed by atoms with Crippen LogP contribution >= 0.6 is 0 Å². The SMILES string of the molecule is Cc1ccc(C(=O)c2[nH]nc(C(=O)C(N)=O)c2O)cc1. The number of H-pyrrole nitrogens is 1. The third-order valence-electron chi connectivity index (χ3n) is 2.72. The summed E-state index contributed by atoms with van der Waals surface area (Å²) in [6, 6.07) is 6.62. The van der Waals surface area contributed by atoms with Gasteiger partial charge in [0.15, 0.2) is 11.4 Å². The molecule has 2 aromatic rings. The summed E-state index contributed by atoms with van der Waals surface area (Å²) >= 11 is 0. The summed E-state index contributed by atoms with van der Waals surface area (Å²) in [7, 11) is 0. The van der Waals surface area contributed by atoms with E-state index in [9.17, 15) is 19.5 Å². The Morgan fingerprint density at radius 1 is 1.20 bits per heavy atom. The topological polar surface area (TPSA) is 126 Å². The lowest BCUT2D eigenvalue weighted by atomic mass is 10.1. The Morgan fingerprint density at radius 2 is 1.80 bits per heavy atom. The maximum absolute atomic E-state index is 12.1. The van der Waals surface area contributed by atoms with Crippen molar-refractivity contribution in [1.82, 2.24) is 10.2 Å². The molecule has 7 heteroatoms. The van der Waals surface area contributed by atoms with E-state index in [-0.39, 0.29) is 5.69 Å². The van der Waals surface area contributed by atoms with Crippen LogP contribution in [0.1, 0.15) is 32.1 Å². The Morgan fingerprint density at radius 3 is 2.35 bits per heavy atom. The molecule has 20 heavy (non-hydrogen) atoms. The summed E-state index contributed by atoms with van der Waals surface area (Å²) in [6.45, 7) is 1.87. The van der Waals surface area contributed by atoms with Crippen molar-refractivity contribution in [2.75, 3.05) is 0 Å². The number of benzene rings is 1. The highest BCUT2D eigenvalue weighted by atomic mass is 16.3. The van der Waals surface area contributed by atoms with Crippen molar-refractivity contribution in [3.05, 3.63) is 46.8 Å². The molecule has 0 fully saturated rings. The summed E-state index contributed by atoms with van der Waals surface area (Å²) in [5.41, 5.74) is 5.27. The Kier molecular flexibility index (Phi) is 3.34. The van der Waals surface area contributed by atoms with Crippen LogP contribution in [0.3, 0.4) is 0 Å². The number of hydrogen-bond acceptors (Lipinski definition) is 5. The molecule has 0 saturated heterocycles. The minimum atomic E-state index is -1.26. The van der Waals surface area contributed by atoms with E-state index in [2.05, 4.69) is 10.2 Å². The zero-order valence-electron chi connectivity index (χ0n) is 10.5. The number of nitrogens with zero attached hydrogens (tertiary/aromatic N) is 1. The number of amides is 1. The zero-order chi connectivity index (χ0) is 14.9. The predicted octanol–water partition coefficient (Wildman–Crippen LogP) is 0.323. The summed E-state index contributed by atoms with van der Waals surface area (Å²) in [5, 5.41) is 15.5. The molecule has 1 heterocycles. The second kappa shape index (κ2) is 4.96. The summed E-state index contributed by atoms with van der Waals surface area (Å²) in [6.07, 6.45) is 0. The molecule has 1 aromatic carbocycles. The Bertz CT molecular complexity index is 701. The van der Waals surface area contributed by atoms with E-state index in [0.717, 1.165) is 5.56 Å². The maximum Gasteiger partial charge on any atom is 0.291 e. The first-order chi connectivity index (χ1) is 9.41. The van der Waals surface area contributed by atoms with Crippen LogP contribution < -0.4 is 5.73 Å². The van der Waals surface area contributed by atoms with Gasteiger partial charge in [-0.15, -0.1) is 0 Å². The lowest BCUT2D eigenvalue weighted by Gasteiger charge is -2.00. The number of ketones is 2. The van der Waals surface area contributed by atoms with Gasteiger partial charge in [0.05, 0.1) is 0 Å². The van der Waals surface area contributed by atoms with E-state index in [1.807, 2.05) is 6.92 Å². The number of nitrogens with two attached hydrogens (primary N) is 1. The average Bonchev–Trinajstić information content (AvgIpc) is 2.79. The van der Waals surface area contributed by atoms with E-state index in [1.54, 1.807) is 24.3 Å². The van der Waals surface area contributed by atoms with Crippen LogP contribution in [0, 0.1) is 6.92 Å². The fourth-order valence-corrected chi connectivity index (χ4v) is 1.62. The van der Waals surface area contributed by atoms with Crippen LogP contribution in [0.4, 0.5) is 0 Å². The number of Topliss-reactive ketones (excluding diaryl/α,β-unsaturated/α-hetero) is 1. The highest BCUT2D eigenvalue weighted by molar-refractivity contribution is 6.42. The van der Waals surface area contributed by atoms with E-state index in [4.69, 9.17) is 5.73 Å². The van der Waals surface area contributed by atoms with Gasteiger partial charge in [0, 0.05) is 5.56 Å². The average molecular weight is 273 g/mol. The quantitative estimate of drug-likeness (QED) is 0.546. The first-order valence-corrected chi connectivity index (χ1v) is 5.64. The molecule has 0 spiro atoms. The Balaban J connectivity index is 2.39. The standard InChI is InChI=1S/C13H11N3O4/c1-6-2-4-7(5-3-6)10(17)8-11(18)9(16-15-8)12(19)13(14)20/h2-5,18H,1H3,(H2,14,20)(H,15,16). The van der Waals surface area contributed by atoms with E-state index in [1.165, 1.54) is 0 Å². The molecule has 0 radical (unpaired) electrons. The number of aryl methyl sites for hydroxylation is 1. The van der Waals surface area contributed by atoms with Gasteiger partial charge in [0.25, 0.3) is 11.7 Å². The molecule has 2 rings (SSSR count). The molecule has 0 aliphatic rings. The van der Waals surface area contributed by atoms with E-state index >= 15 is 0 Å². The second-order valence-corrected chi connectivity index (χ2v) is 4.18. The van der Waals surface area contributed by atoms with Gasteiger partial charge in [-0.1, -0.05) is 29.8 Å². The van der Waals surface area contributed by atoms with Gasteiger partial charge in [-0.3, -0.25) is 19.5 Å². The fraction of sp³-hybridized carbons (Fsp3) is 0.0769. The molecule has 0 aliphatic heterocycles. The number of primary amides is 1. The third kappa shape index (κ3) is 2.28. The highest BCUT2D eigenvalue weighted by Gasteiger charge is 2.26. The van der Waals surface area contributed by atoms with Crippen LogP contribution in [-0.2, 0) is 4.79 Å². The van der Waals surface area contributed by atoms with Gasteiger partial charge in [-0.25, -0.2) is 0 Å². The van der Waals surface area contributed by atoms with Crippen molar-refractivity contribution in [2.45, 2.75) is 6.92 Å². The minimum absolute atomic E-state index is 0.265. The summed E-state index contributed by atoms with van der Waals surface area (Å²) in [4.78, 5) is 34.2. The molecule has 0 saturated carbocycles. The lowest BCUT2D eigenvalue weighted by molar-refractivity contribution is -0.114. The third-order valence-corrected chi connectivity index (χ3v) is 2.72. The van der Waals surface area contributed by atoms with Crippen molar-refractivity contribution >= 4 is 17.5 Å². The predicted molar refractivity (Wildman–Crippen MR) is 68.4 cm³/mol. The number of carbonyl (C=O) groups is 3. The van der Waals surface area contributed by atoms with Gasteiger partial charge in [0.2, 0.25) is 5.78 Å².